The molecule has 5 heterocycles. The third kappa shape index (κ3) is 2.54. The summed E-state index contributed by atoms with van der Waals surface area (Å²) in [6, 6.07) is 2.03. The zero-order chi connectivity index (χ0) is 23.4. The van der Waals surface area contributed by atoms with Gasteiger partial charge in [-0.25, -0.2) is 18.7 Å². The summed E-state index contributed by atoms with van der Waals surface area (Å²) in [7, 11) is 0. The Morgan fingerprint density at radius 2 is 2.09 bits per heavy atom. The van der Waals surface area contributed by atoms with E-state index in [1.807, 2.05) is 6.07 Å². The zero-order valence-corrected chi connectivity index (χ0v) is 19.0. The molecule has 0 radical (unpaired) electrons. The molecule has 1 saturated heterocycles. The highest BCUT2D eigenvalue weighted by atomic mass is 32.1. The van der Waals surface area contributed by atoms with E-state index in [9.17, 15) is 9.65 Å². The summed E-state index contributed by atoms with van der Waals surface area (Å²) in [6.07, 6.45) is 3.92. The maximum Gasteiger partial charge on any atom is 0.226 e. The Hall–Kier alpha value is -3.42. The summed E-state index contributed by atoms with van der Waals surface area (Å²) < 4.78 is 36.7. The van der Waals surface area contributed by atoms with Crippen molar-refractivity contribution >= 4 is 43.3 Å². The van der Waals surface area contributed by atoms with Gasteiger partial charge >= 0.3 is 0 Å². The van der Waals surface area contributed by atoms with E-state index in [1.165, 1.54) is 6.42 Å². The van der Waals surface area contributed by atoms with E-state index in [-0.39, 0.29) is 50.6 Å². The van der Waals surface area contributed by atoms with Crippen molar-refractivity contribution in [1.29, 1.82) is 5.26 Å². The van der Waals surface area contributed by atoms with Crippen LogP contribution in [0.15, 0.2) is 12.4 Å². The second-order valence-electron chi connectivity index (χ2n) is 9.62. The number of nitrogen functional groups attached to an aromatic ring is 1. The fourth-order valence-corrected chi connectivity index (χ4v) is 6.51. The molecular formula is C24H18F2N6OS. The number of nitrogens with zero attached hydrogens (tertiary/aromatic N) is 5. The second-order valence-corrected chi connectivity index (χ2v) is 10.7. The Balaban J connectivity index is 1.50. The molecule has 1 saturated carbocycles. The normalized spacial score (nSPS) is 22.9. The molecule has 10 heteroatoms. The lowest BCUT2D eigenvalue weighted by Gasteiger charge is -2.20. The Morgan fingerprint density at radius 3 is 2.85 bits per heavy atom. The molecule has 7 nitrogen and oxygen atoms in total. The van der Waals surface area contributed by atoms with Crippen LogP contribution in [0.2, 0.25) is 0 Å². The highest BCUT2D eigenvalue weighted by Crippen LogP contribution is 2.57. The number of hydrogen-bond acceptors (Lipinski definition) is 8. The molecule has 34 heavy (non-hydrogen) atoms. The number of thiophene rings is 1. The number of halogens is 2. The average molecular weight is 477 g/mol. The van der Waals surface area contributed by atoms with E-state index < -0.39 is 11.6 Å². The maximum absolute atomic E-state index is 16.3. The quantitative estimate of drug-likeness (QED) is 0.454. The summed E-state index contributed by atoms with van der Waals surface area (Å²) in [5, 5.41) is 10.7. The smallest absolute Gasteiger partial charge is 0.226 e. The number of nitrogens with two attached hydrogens (primary N) is 1. The number of ether oxygens (including phenoxy) is 1. The Labute approximate surface area is 196 Å². The molecule has 0 spiro atoms. The van der Waals surface area contributed by atoms with Gasteiger partial charge in [0.25, 0.3) is 0 Å². The van der Waals surface area contributed by atoms with Crippen molar-refractivity contribution in [2.75, 3.05) is 23.7 Å². The molecular weight excluding hydrogens is 458 g/mol. The lowest BCUT2D eigenvalue weighted by molar-refractivity contribution is 0.135. The maximum atomic E-state index is 16.3. The van der Waals surface area contributed by atoms with Crippen LogP contribution in [-0.2, 0) is 18.0 Å². The van der Waals surface area contributed by atoms with Crippen LogP contribution < -0.4 is 10.6 Å². The third-order valence-electron chi connectivity index (χ3n) is 7.55. The summed E-state index contributed by atoms with van der Waals surface area (Å²) in [4.78, 5) is 15.6. The van der Waals surface area contributed by atoms with Crippen molar-refractivity contribution in [1.82, 2.24) is 15.0 Å². The zero-order valence-electron chi connectivity index (χ0n) is 18.2. The Bertz CT molecular complexity index is 1610. The van der Waals surface area contributed by atoms with Crippen LogP contribution in [0.4, 0.5) is 19.7 Å². The number of nitriles is 1. The molecule has 3 aromatic heterocycles. The molecule has 0 bridgehead atoms. The van der Waals surface area contributed by atoms with E-state index in [1.54, 1.807) is 6.20 Å². The number of piperidine rings is 1. The molecule has 170 valence electrons. The number of pyridine rings is 1. The molecule has 2 atom stereocenters. The monoisotopic (exact) mass is 476 g/mol. The van der Waals surface area contributed by atoms with Crippen molar-refractivity contribution < 1.29 is 13.5 Å². The minimum absolute atomic E-state index is 0.0991. The van der Waals surface area contributed by atoms with E-state index in [0.29, 0.717) is 28.2 Å². The number of hydrogen-bond donors (Lipinski definition) is 1. The molecule has 3 aliphatic rings. The molecule has 2 fully saturated rings. The summed E-state index contributed by atoms with van der Waals surface area (Å²) in [6.45, 7) is 4.43. The van der Waals surface area contributed by atoms with E-state index in [0.717, 1.165) is 36.2 Å². The summed E-state index contributed by atoms with van der Waals surface area (Å²) in [5.74, 6) is -0.0468. The van der Waals surface area contributed by atoms with Gasteiger partial charge in [0.15, 0.2) is 11.6 Å². The number of rotatable bonds is 2. The van der Waals surface area contributed by atoms with Crippen molar-refractivity contribution in [2.45, 2.75) is 26.6 Å². The largest absolute Gasteiger partial charge is 0.389 e. The number of aromatic nitrogens is 3. The van der Waals surface area contributed by atoms with Crippen molar-refractivity contribution in [3.8, 4) is 17.3 Å². The fraction of sp³-hybridized carbons (Fsp3) is 0.333. The first-order chi connectivity index (χ1) is 16.4. The van der Waals surface area contributed by atoms with E-state index in [4.69, 9.17) is 10.5 Å². The van der Waals surface area contributed by atoms with Crippen LogP contribution >= 0.6 is 11.3 Å². The first kappa shape index (κ1) is 20.0. The van der Waals surface area contributed by atoms with Gasteiger partial charge in [-0.3, -0.25) is 4.98 Å². The van der Waals surface area contributed by atoms with Crippen LogP contribution in [0.5, 0.6) is 0 Å². The minimum Gasteiger partial charge on any atom is -0.389 e. The number of benzene rings is 1. The van der Waals surface area contributed by atoms with Crippen LogP contribution in [0.25, 0.3) is 32.2 Å². The Kier molecular flexibility index (Phi) is 3.87. The Morgan fingerprint density at radius 1 is 1.26 bits per heavy atom. The summed E-state index contributed by atoms with van der Waals surface area (Å²) in [5.41, 5.74) is 8.33. The van der Waals surface area contributed by atoms with Crippen molar-refractivity contribution in [3.05, 3.63) is 40.7 Å². The van der Waals surface area contributed by atoms with Gasteiger partial charge in [-0.15, -0.1) is 11.3 Å². The van der Waals surface area contributed by atoms with Crippen molar-refractivity contribution in [3.63, 3.8) is 0 Å². The third-order valence-corrected chi connectivity index (χ3v) is 8.57. The summed E-state index contributed by atoms with van der Waals surface area (Å²) >= 11 is 0.959. The van der Waals surface area contributed by atoms with Crippen LogP contribution in [0.1, 0.15) is 30.0 Å². The lowest BCUT2D eigenvalue weighted by Crippen LogP contribution is -2.25. The van der Waals surface area contributed by atoms with Crippen LogP contribution in [-0.4, -0.2) is 28.0 Å². The van der Waals surface area contributed by atoms with Gasteiger partial charge in [0.2, 0.25) is 5.95 Å². The topological polar surface area (TPSA) is 101 Å². The first-order valence-corrected chi connectivity index (χ1v) is 11.8. The average Bonchev–Trinajstić information content (AvgIpc) is 3.21. The van der Waals surface area contributed by atoms with Gasteiger partial charge in [-0.1, -0.05) is 6.92 Å². The minimum atomic E-state index is -0.600. The predicted molar refractivity (Wildman–Crippen MR) is 124 cm³/mol. The van der Waals surface area contributed by atoms with Gasteiger partial charge in [0.05, 0.1) is 35.4 Å². The number of fused-ring (bicyclic) bond motifs is 5. The number of anilines is 2. The highest BCUT2D eigenvalue weighted by Gasteiger charge is 2.56. The van der Waals surface area contributed by atoms with Gasteiger partial charge < -0.3 is 15.4 Å². The van der Waals surface area contributed by atoms with Gasteiger partial charge in [0, 0.05) is 35.6 Å². The molecule has 2 unspecified atom stereocenters. The highest BCUT2D eigenvalue weighted by molar-refractivity contribution is 7.23. The van der Waals surface area contributed by atoms with Gasteiger partial charge in [-0.05, 0) is 28.9 Å². The predicted octanol–water partition coefficient (Wildman–Crippen LogP) is 4.51. The van der Waals surface area contributed by atoms with Gasteiger partial charge in [0.1, 0.15) is 16.6 Å². The molecule has 2 N–H and O–H groups in total. The lowest BCUT2D eigenvalue weighted by atomic mass is 9.94. The van der Waals surface area contributed by atoms with Gasteiger partial charge in [-0.2, -0.15) is 5.26 Å². The molecule has 1 aromatic carbocycles. The molecule has 4 aromatic rings. The van der Waals surface area contributed by atoms with Crippen LogP contribution in [0, 0.1) is 34.3 Å². The second kappa shape index (κ2) is 6.58. The van der Waals surface area contributed by atoms with E-state index >= 15 is 4.39 Å². The first-order valence-electron chi connectivity index (χ1n) is 11.0. The van der Waals surface area contributed by atoms with E-state index in [2.05, 4.69) is 26.8 Å². The fourth-order valence-electron chi connectivity index (χ4n) is 5.59. The molecule has 2 aliphatic heterocycles. The van der Waals surface area contributed by atoms with Crippen molar-refractivity contribution in [2.24, 2.45) is 11.3 Å². The van der Waals surface area contributed by atoms with Crippen LogP contribution in [0.3, 0.4) is 0 Å². The standard InChI is InChI=1S/C24H18F2N6OS/c1-24-2-10(24)6-32(9-24)23-30-4-12-13-7-33-8-14(13)16(18(26)19(12)31-23)20-17-11(3-27)22(28)34-21(17)15(25)5-29-20/h4-5,10H,2,6-9,28H2,1H3. The SMILES string of the molecule is CC12CC1CN(c1ncc3c4c(c(-c5ncc(F)c6sc(N)c(C#N)c56)c(F)c3n1)COC4)C2. The molecule has 1 aliphatic carbocycles. The molecule has 7 rings (SSSR count). The molecule has 0 amide bonds.